The molecule has 0 amide bonds. The summed E-state index contributed by atoms with van der Waals surface area (Å²) in [6.07, 6.45) is 7.87. The van der Waals surface area contributed by atoms with Crippen LogP contribution in [0.25, 0.3) is 11.1 Å². The van der Waals surface area contributed by atoms with E-state index in [0.29, 0.717) is 11.1 Å². The van der Waals surface area contributed by atoms with E-state index in [1.54, 1.807) is 0 Å². The molecule has 136 valence electrons. The van der Waals surface area contributed by atoms with Crippen LogP contribution in [0, 0.1) is 0 Å². The summed E-state index contributed by atoms with van der Waals surface area (Å²) in [6, 6.07) is 18.5. The summed E-state index contributed by atoms with van der Waals surface area (Å²) < 4.78 is 0. The van der Waals surface area contributed by atoms with Crippen molar-refractivity contribution in [2.24, 2.45) is 0 Å². The van der Waals surface area contributed by atoms with Crippen LogP contribution in [0.4, 0.5) is 0 Å². The monoisotopic (exact) mass is 368 g/mol. The maximum Gasteiger partial charge on any atom is 0.187 e. The number of carbonyl (C=O) groups excluding carboxylic acids is 4. The maximum absolute atomic E-state index is 12.2. The van der Waals surface area contributed by atoms with E-state index in [1.807, 2.05) is 60.7 Å². The van der Waals surface area contributed by atoms with Crippen LogP contribution in [-0.2, 0) is 19.2 Å². The molecule has 2 aliphatic rings. The van der Waals surface area contributed by atoms with E-state index in [4.69, 9.17) is 0 Å². The molecule has 0 N–H and O–H groups in total. The summed E-state index contributed by atoms with van der Waals surface area (Å²) >= 11 is 0. The Morgan fingerprint density at radius 2 is 0.750 bits per heavy atom. The zero-order valence-electron chi connectivity index (χ0n) is 14.9. The number of allylic oxidation sites excluding steroid dienone is 8. The molecule has 0 unspecified atom stereocenters. The third kappa shape index (κ3) is 4.62. The third-order valence-electron chi connectivity index (χ3n) is 4.08. The van der Waals surface area contributed by atoms with Gasteiger partial charge in [0, 0.05) is 11.1 Å². The highest BCUT2D eigenvalue weighted by atomic mass is 16.1. The molecule has 0 bridgehead atoms. The second-order valence-electron chi connectivity index (χ2n) is 6.05. The second kappa shape index (κ2) is 8.64. The summed E-state index contributed by atoms with van der Waals surface area (Å²) in [7, 11) is 0. The third-order valence-corrected chi connectivity index (χ3v) is 4.08. The standard InChI is InChI=1S/C18H12O2.C6H4O2/c19-17-12-16(14-9-5-2-6-10-14)18(20)11-15(17)13-7-3-1-4-8-13;7-5-1-2-6(8)4-3-5/h1-12H;1-4H. The van der Waals surface area contributed by atoms with Gasteiger partial charge in [0.1, 0.15) is 0 Å². The molecule has 2 aliphatic carbocycles. The van der Waals surface area contributed by atoms with Crippen LogP contribution in [0.2, 0.25) is 0 Å². The van der Waals surface area contributed by atoms with E-state index in [2.05, 4.69) is 0 Å². The zero-order valence-corrected chi connectivity index (χ0v) is 14.9. The number of rotatable bonds is 2. The van der Waals surface area contributed by atoms with Crippen LogP contribution in [-0.4, -0.2) is 23.1 Å². The zero-order chi connectivity index (χ0) is 19.9. The Labute approximate surface area is 162 Å². The van der Waals surface area contributed by atoms with Gasteiger partial charge in [-0.3, -0.25) is 19.2 Å². The smallest absolute Gasteiger partial charge is 0.187 e. The first-order valence-electron chi connectivity index (χ1n) is 8.61. The van der Waals surface area contributed by atoms with Crippen molar-refractivity contribution in [1.82, 2.24) is 0 Å². The Morgan fingerprint density at radius 3 is 1.07 bits per heavy atom. The summed E-state index contributed by atoms with van der Waals surface area (Å²) in [5.74, 6) is -0.501. The normalized spacial score (nSPS) is 15.6. The molecule has 0 aromatic heterocycles. The van der Waals surface area contributed by atoms with E-state index < -0.39 is 0 Å². The van der Waals surface area contributed by atoms with Crippen LogP contribution < -0.4 is 0 Å². The van der Waals surface area contributed by atoms with Crippen molar-refractivity contribution >= 4 is 34.3 Å². The number of hydrogen-bond acceptors (Lipinski definition) is 4. The minimum Gasteiger partial charge on any atom is -0.290 e. The number of carbonyl (C=O) groups is 4. The van der Waals surface area contributed by atoms with Crippen LogP contribution >= 0.6 is 0 Å². The van der Waals surface area contributed by atoms with E-state index in [0.717, 1.165) is 11.1 Å². The molecule has 0 saturated carbocycles. The lowest BCUT2D eigenvalue weighted by atomic mass is 9.89. The van der Waals surface area contributed by atoms with Crippen LogP contribution in [0.15, 0.2) is 97.1 Å². The Bertz CT molecular complexity index is 949. The van der Waals surface area contributed by atoms with Gasteiger partial charge < -0.3 is 0 Å². The van der Waals surface area contributed by atoms with E-state index >= 15 is 0 Å². The Balaban J connectivity index is 0.000000236. The number of benzene rings is 2. The van der Waals surface area contributed by atoms with Gasteiger partial charge in [0.05, 0.1) is 0 Å². The average Bonchev–Trinajstić information content (AvgIpc) is 2.73. The molecule has 0 spiro atoms. The summed E-state index contributed by atoms with van der Waals surface area (Å²) in [4.78, 5) is 45.0. The fourth-order valence-electron chi connectivity index (χ4n) is 2.69. The first-order chi connectivity index (χ1) is 13.5. The predicted molar refractivity (Wildman–Crippen MR) is 107 cm³/mol. The predicted octanol–water partition coefficient (Wildman–Crippen LogP) is 3.56. The molecular weight excluding hydrogens is 352 g/mol. The minimum atomic E-state index is -0.130. The summed E-state index contributed by atoms with van der Waals surface area (Å²) in [6.45, 7) is 0. The maximum atomic E-state index is 12.2. The summed E-state index contributed by atoms with van der Waals surface area (Å²) in [5.41, 5.74) is 2.45. The van der Waals surface area contributed by atoms with Gasteiger partial charge >= 0.3 is 0 Å². The topological polar surface area (TPSA) is 68.3 Å². The molecule has 2 aromatic rings. The molecule has 0 saturated heterocycles. The molecule has 4 nitrogen and oxygen atoms in total. The van der Waals surface area contributed by atoms with E-state index in [1.165, 1.54) is 36.5 Å². The van der Waals surface area contributed by atoms with Gasteiger partial charge in [0.15, 0.2) is 23.1 Å². The van der Waals surface area contributed by atoms with E-state index in [-0.39, 0.29) is 23.1 Å². The van der Waals surface area contributed by atoms with Crippen molar-refractivity contribution in [2.75, 3.05) is 0 Å². The van der Waals surface area contributed by atoms with Gasteiger partial charge in [-0.25, -0.2) is 0 Å². The first kappa shape index (κ1) is 18.9. The van der Waals surface area contributed by atoms with Crippen molar-refractivity contribution in [3.05, 3.63) is 108 Å². The highest BCUT2D eigenvalue weighted by Crippen LogP contribution is 2.26. The molecule has 0 atom stereocenters. The van der Waals surface area contributed by atoms with Crippen LogP contribution in [0.1, 0.15) is 11.1 Å². The summed E-state index contributed by atoms with van der Waals surface area (Å²) in [5, 5.41) is 0. The quantitative estimate of drug-likeness (QED) is 0.760. The van der Waals surface area contributed by atoms with E-state index in [9.17, 15) is 19.2 Å². The van der Waals surface area contributed by atoms with Gasteiger partial charge in [0.2, 0.25) is 0 Å². The second-order valence-corrected chi connectivity index (χ2v) is 6.05. The van der Waals surface area contributed by atoms with Crippen LogP contribution in [0.3, 0.4) is 0 Å². The highest BCUT2D eigenvalue weighted by molar-refractivity contribution is 6.43. The Hall–Kier alpha value is -3.92. The molecule has 4 heteroatoms. The first-order valence-corrected chi connectivity index (χ1v) is 8.61. The lowest BCUT2D eigenvalue weighted by molar-refractivity contribution is -0.113. The molecule has 0 aliphatic heterocycles. The average molecular weight is 368 g/mol. The molecule has 2 aromatic carbocycles. The SMILES string of the molecule is O=C1C=C(c2ccccc2)C(=O)C=C1c1ccccc1.O=C1C=CC(=O)C=C1. The van der Waals surface area contributed by atoms with Crippen LogP contribution in [0.5, 0.6) is 0 Å². The Morgan fingerprint density at radius 1 is 0.429 bits per heavy atom. The van der Waals surface area contributed by atoms with Gasteiger partial charge in [-0.1, -0.05) is 60.7 Å². The largest absolute Gasteiger partial charge is 0.290 e. The molecule has 0 heterocycles. The lowest BCUT2D eigenvalue weighted by Crippen LogP contribution is -2.11. The number of hydrogen-bond donors (Lipinski definition) is 0. The van der Waals surface area contributed by atoms with Crippen molar-refractivity contribution in [3.8, 4) is 0 Å². The Kier molecular flexibility index (Phi) is 5.82. The van der Waals surface area contributed by atoms with Gasteiger partial charge in [-0.2, -0.15) is 0 Å². The van der Waals surface area contributed by atoms with Crippen molar-refractivity contribution < 1.29 is 19.2 Å². The molecular formula is C24H16O4. The van der Waals surface area contributed by atoms with Gasteiger partial charge in [0.25, 0.3) is 0 Å². The fraction of sp³-hybridized carbons (Fsp3) is 0. The lowest BCUT2D eigenvalue weighted by Gasteiger charge is -2.12. The molecule has 28 heavy (non-hydrogen) atoms. The van der Waals surface area contributed by atoms with Crippen molar-refractivity contribution in [3.63, 3.8) is 0 Å². The van der Waals surface area contributed by atoms with Crippen molar-refractivity contribution in [1.29, 1.82) is 0 Å². The molecule has 4 rings (SSSR count). The molecule has 0 radical (unpaired) electrons. The molecule has 0 fully saturated rings. The fourth-order valence-corrected chi connectivity index (χ4v) is 2.69. The van der Waals surface area contributed by atoms with Crippen molar-refractivity contribution in [2.45, 2.75) is 0 Å². The van der Waals surface area contributed by atoms with Gasteiger partial charge in [-0.05, 0) is 47.6 Å². The highest BCUT2D eigenvalue weighted by Gasteiger charge is 2.21. The minimum absolute atomic E-state index is 0.121. The number of ketones is 4. The van der Waals surface area contributed by atoms with Gasteiger partial charge in [-0.15, -0.1) is 0 Å².